The minimum absolute atomic E-state index is 0.208. The fourth-order valence-electron chi connectivity index (χ4n) is 2.41. The number of imide groups is 1. The van der Waals surface area contributed by atoms with Gasteiger partial charge in [-0.15, -0.1) is 0 Å². The zero-order valence-electron chi connectivity index (χ0n) is 11.9. The topological polar surface area (TPSA) is 79.6 Å². The van der Waals surface area contributed by atoms with Crippen molar-refractivity contribution in [3.63, 3.8) is 0 Å². The van der Waals surface area contributed by atoms with E-state index in [0.717, 1.165) is 4.90 Å². The molecule has 0 aliphatic carbocycles. The monoisotopic (exact) mass is 298 g/mol. The molecule has 6 heteroatoms. The van der Waals surface area contributed by atoms with Crippen LogP contribution in [0, 0.1) is 0 Å². The first-order chi connectivity index (χ1) is 10.6. The Kier molecular flexibility index (Phi) is 3.50. The molecule has 1 atom stereocenters. The van der Waals surface area contributed by atoms with E-state index in [4.69, 9.17) is 4.42 Å². The smallest absolute Gasteiger partial charge is 0.262 e. The third kappa shape index (κ3) is 2.28. The summed E-state index contributed by atoms with van der Waals surface area (Å²) in [6, 6.07) is 9.11. The highest BCUT2D eigenvalue weighted by atomic mass is 16.3. The molecule has 0 saturated carbocycles. The number of nitrogens with zero attached hydrogens (tertiary/aromatic N) is 1. The highest BCUT2D eigenvalue weighted by molar-refractivity contribution is 6.22. The quantitative estimate of drug-likeness (QED) is 0.869. The van der Waals surface area contributed by atoms with Gasteiger partial charge in [-0.05, 0) is 31.2 Å². The summed E-state index contributed by atoms with van der Waals surface area (Å²) in [6.07, 6.45) is 1.51. The van der Waals surface area contributed by atoms with E-state index < -0.39 is 23.8 Å². The largest absolute Gasteiger partial charge is 0.467 e. The number of rotatable bonds is 4. The first kappa shape index (κ1) is 14.1. The number of hydrogen-bond donors (Lipinski definition) is 1. The molecular weight excluding hydrogens is 284 g/mol. The van der Waals surface area contributed by atoms with Gasteiger partial charge in [0.15, 0.2) is 0 Å². The summed E-state index contributed by atoms with van der Waals surface area (Å²) in [4.78, 5) is 37.7. The van der Waals surface area contributed by atoms with Gasteiger partial charge in [-0.1, -0.05) is 12.1 Å². The van der Waals surface area contributed by atoms with Crippen molar-refractivity contribution in [3.8, 4) is 0 Å². The molecule has 112 valence electrons. The maximum atomic E-state index is 12.3. The first-order valence-corrected chi connectivity index (χ1v) is 6.86. The van der Waals surface area contributed by atoms with E-state index >= 15 is 0 Å². The Morgan fingerprint density at radius 1 is 1.14 bits per heavy atom. The van der Waals surface area contributed by atoms with Gasteiger partial charge in [-0.25, -0.2) is 0 Å². The van der Waals surface area contributed by atoms with Crippen molar-refractivity contribution >= 4 is 17.7 Å². The first-order valence-electron chi connectivity index (χ1n) is 6.86. The van der Waals surface area contributed by atoms with Gasteiger partial charge in [-0.2, -0.15) is 0 Å². The number of carbonyl (C=O) groups excluding carboxylic acids is 3. The van der Waals surface area contributed by atoms with Crippen molar-refractivity contribution in [1.82, 2.24) is 10.2 Å². The normalized spacial score (nSPS) is 14.9. The number of carbonyl (C=O) groups is 3. The Morgan fingerprint density at radius 3 is 2.32 bits per heavy atom. The van der Waals surface area contributed by atoms with Crippen molar-refractivity contribution in [2.24, 2.45) is 0 Å². The highest BCUT2D eigenvalue weighted by Gasteiger charge is 2.40. The highest BCUT2D eigenvalue weighted by Crippen LogP contribution is 2.24. The molecule has 1 aliphatic heterocycles. The maximum absolute atomic E-state index is 12.3. The Morgan fingerprint density at radius 2 is 1.77 bits per heavy atom. The predicted molar refractivity (Wildman–Crippen MR) is 77.0 cm³/mol. The van der Waals surface area contributed by atoms with Gasteiger partial charge in [0.05, 0.1) is 23.9 Å². The summed E-state index contributed by atoms with van der Waals surface area (Å²) in [5, 5.41) is 2.65. The van der Waals surface area contributed by atoms with Crippen molar-refractivity contribution in [2.75, 3.05) is 0 Å². The van der Waals surface area contributed by atoms with Crippen LogP contribution in [0.3, 0.4) is 0 Å². The fourth-order valence-corrected chi connectivity index (χ4v) is 2.41. The van der Waals surface area contributed by atoms with E-state index in [2.05, 4.69) is 5.32 Å². The average molecular weight is 298 g/mol. The lowest BCUT2D eigenvalue weighted by atomic mass is 10.1. The average Bonchev–Trinajstić information content (AvgIpc) is 3.13. The van der Waals surface area contributed by atoms with Crippen LogP contribution >= 0.6 is 0 Å². The number of furan rings is 1. The van der Waals surface area contributed by atoms with Crippen LogP contribution in [0.5, 0.6) is 0 Å². The molecule has 22 heavy (non-hydrogen) atoms. The number of nitrogens with one attached hydrogen (secondary N) is 1. The Bertz CT molecular complexity index is 701. The molecule has 1 N–H and O–H groups in total. The molecule has 0 bridgehead atoms. The Balaban J connectivity index is 1.73. The predicted octanol–water partition coefficient (Wildman–Crippen LogP) is 1.58. The fraction of sp³-hybridized carbons (Fsp3) is 0.188. The van der Waals surface area contributed by atoms with Crippen LogP contribution in [0.2, 0.25) is 0 Å². The lowest BCUT2D eigenvalue weighted by Gasteiger charge is -2.21. The van der Waals surface area contributed by atoms with Crippen molar-refractivity contribution in [1.29, 1.82) is 0 Å². The molecular formula is C16H14N2O4. The third-order valence-corrected chi connectivity index (χ3v) is 3.61. The molecule has 0 radical (unpaired) electrons. The van der Waals surface area contributed by atoms with Gasteiger partial charge >= 0.3 is 0 Å². The van der Waals surface area contributed by atoms with E-state index in [1.54, 1.807) is 36.4 Å². The van der Waals surface area contributed by atoms with Gasteiger partial charge < -0.3 is 9.73 Å². The SMILES string of the molecule is CC(C(=O)NCc1ccco1)N1C(=O)c2ccccc2C1=O. The zero-order chi connectivity index (χ0) is 15.7. The van der Waals surface area contributed by atoms with Crippen LogP contribution in [-0.2, 0) is 11.3 Å². The molecule has 2 aromatic rings. The van der Waals surface area contributed by atoms with Crippen molar-refractivity contribution in [2.45, 2.75) is 19.5 Å². The number of fused-ring (bicyclic) bond motifs is 1. The molecule has 0 saturated heterocycles. The molecule has 1 unspecified atom stereocenters. The molecule has 3 amide bonds. The van der Waals surface area contributed by atoms with Gasteiger partial charge in [0.2, 0.25) is 5.91 Å². The van der Waals surface area contributed by atoms with Crippen LogP contribution in [0.4, 0.5) is 0 Å². The van der Waals surface area contributed by atoms with E-state index in [0.29, 0.717) is 16.9 Å². The lowest BCUT2D eigenvalue weighted by Crippen LogP contribution is -2.47. The molecule has 6 nitrogen and oxygen atoms in total. The van der Waals surface area contributed by atoms with E-state index in [9.17, 15) is 14.4 Å². The van der Waals surface area contributed by atoms with Crippen LogP contribution in [0.1, 0.15) is 33.4 Å². The molecule has 0 fully saturated rings. The maximum Gasteiger partial charge on any atom is 0.262 e. The van der Waals surface area contributed by atoms with Crippen LogP contribution < -0.4 is 5.32 Å². The van der Waals surface area contributed by atoms with Crippen LogP contribution in [-0.4, -0.2) is 28.7 Å². The van der Waals surface area contributed by atoms with Crippen LogP contribution in [0.15, 0.2) is 47.1 Å². The lowest BCUT2D eigenvalue weighted by molar-refractivity contribution is -0.124. The molecule has 2 heterocycles. The van der Waals surface area contributed by atoms with E-state index in [-0.39, 0.29) is 6.54 Å². The van der Waals surface area contributed by atoms with Gasteiger partial charge in [0, 0.05) is 0 Å². The molecule has 1 aromatic carbocycles. The summed E-state index contributed by atoms with van der Waals surface area (Å²) in [6.45, 7) is 1.73. The molecule has 3 rings (SSSR count). The Labute approximate surface area is 126 Å². The van der Waals surface area contributed by atoms with Gasteiger partial charge in [0.25, 0.3) is 11.8 Å². The summed E-state index contributed by atoms with van der Waals surface area (Å²) in [7, 11) is 0. The van der Waals surface area contributed by atoms with Gasteiger partial charge in [0.1, 0.15) is 11.8 Å². The standard InChI is InChI=1S/C16H14N2O4/c1-10(14(19)17-9-11-5-4-8-22-11)18-15(20)12-6-2-3-7-13(12)16(18)21/h2-8,10H,9H2,1H3,(H,17,19). The molecule has 1 aromatic heterocycles. The van der Waals surface area contributed by atoms with Gasteiger partial charge in [-0.3, -0.25) is 19.3 Å². The van der Waals surface area contributed by atoms with Crippen molar-refractivity contribution in [3.05, 3.63) is 59.5 Å². The number of hydrogen-bond acceptors (Lipinski definition) is 4. The summed E-state index contributed by atoms with van der Waals surface area (Å²) >= 11 is 0. The third-order valence-electron chi connectivity index (χ3n) is 3.61. The minimum Gasteiger partial charge on any atom is -0.467 e. The molecule has 0 spiro atoms. The summed E-state index contributed by atoms with van der Waals surface area (Å²) < 4.78 is 5.12. The minimum atomic E-state index is -0.887. The van der Waals surface area contributed by atoms with E-state index in [1.807, 2.05) is 0 Å². The van der Waals surface area contributed by atoms with E-state index in [1.165, 1.54) is 13.2 Å². The Hall–Kier alpha value is -2.89. The number of amides is 3. The summed E-state index contributed by atoms with van der Waals surface area (Å²) in [5.41, 5.74) is 0.663. The number of benzene rings is 1. The second-order valence-corrected chi connectivity index (χ2v) is 5.00. The van der Waals surface area contributed by atoms with Crippen molar-refractivity contribution < 1.29 is 18.8 Å². The zero-order valence-corrected chi connectivity index (χ0v) is 11.9. The second-order valence-electron chi connectivity index (χ2n) is 5.00. The summed E-state index contributed by atoms with van der Waals surface area (Å²) in [5.74, 6) is -0.698. The second kappa shape index (κ2) is 5.48. The van der Waals surface area contributed by atoms with Crippen LogP contribution in [0.25, 0.3) is 0 Å². The molecule has 1 aliphatic rings.